The van der Waals surface area contributed by atoms with E-state index < -0.39 is 6.03 Å². The fourth-order valence-corrected chi connectivity index (χ4v) is 1.13. The third-order valence-electron chi connectivity index (χ3n) is 1.09. The van der Waals surface area contributed by atoms with Gasteiger partial charge in [0, 0.05) is 5.70 Å². The molecule has 0 aromatic heterocycles. The minimum Gasteiger partial charge on any atom is -0.351 e. The van der Waals surface area contributed by atoms with Crippen LogP contribution in [0.2, 0.25) is 0 Å². The predicted molar refractivity (Wildman–Crippen MR) is 61.4 cm³/mol. The zero-order valence-electron chi connectivity index (χ0n) is 7.65. The third-order valence-corrected chi connectivity index (χ3v) is 1.71. The SMILES string of the molecule is CC(C)/C=C(\C=C/SS)NC(N)=O. The first kappa shape index (κ1) is 12.4. The van der Waals surface area contributed by atoms with E-state index in [1.807, 2.05) is 19.9 Å². The average molecular weight is 218 g/mol. The van der Waals surface area contributed by atoms with Crippen LogP contribution >= 0.6 is 22.5 Å². The van der Waals surface area contributed by atoms with Crippen molar-refractivity contribution in [2.45, 2.75) is 13.8 Å². The molecule has 0 atom stereocenters. The smallest absolute Gasteiger partial charge is 0.316 e. The number of allylic oxidation sites excluding steroid dienone is 2. The van der Waals surface area contributed by atoms with E-state index in [9.17, 15) is 4.79 Å². The summed E-state index contributed by atoms with van der Waals surface area (Å²) in [6.45, 7) is 4.04. The molecule has 0 rings (SSSR count). The molecule has 0 radical (unpaired) electrons. The van der Waals surface area contributed by atoms with Crippen molar-refractivity contribution >= 4 is 28.5 Å². The van der Waals surface area contributed by atoms with Crippen LogP contribution in [-0.2, 0) is 0 Å². The van der Waals surface area contributed by atoms with Crippen LogP contribution in [0.25, 0.3) is 0 Å². The molecule has 0 aliphatic heterocycles. The molecule has 0 fully saturated rings. The second-order valence-corrected chi connectivity index (χ2v) is 3.88. The van der Waals surface area contributed by atoms with Crippen molar-refractivity contribution in [2.75, 3.05) is 0 Å². The highest BCUT2D eigenvalue weighted by Gasteiger charge is 1.96. The molecule has 3 nitrogen and oxygen atoms in total. The molecule has 0 aromatic rings. The van der Waals surface area contributed by atoms with Crippen molar-refractivity contribution in [1.82, 2.24) is 5.32 Å². The zero-order chi connectivity index (χ0) is 10.3. The Labute approximate surface area is 87.6 Å². The Kier molecular flexibility index (Phi) is 6.62. The summed E-state index contributed by atoms with van der Waals surface area (Å²) < 4.78 is 0. The maximum atomic E-state index is 10.6. The highest BCUT2D eigenvalue weighted by molar-refractivity contribution is 8.69. The van der Waals surface area contributed by atoms with Gasteiger partial charge in [0.1, 0.15) is 0 Å². The fraction of sp³-hybridized carbons (Fsp3) is 0.375. The largest absolute Gasteiger partial charge is 0.351 e. The molecule has 5 heteroatoms. The Morgan fingerprint density at radius 1 is 1.62 bits per heavy atom. The number of nitrogens with one attached hydrogen (secondary N) is 1. The minimum absolute atomic E-state index is 0.358. The first-order valence-electron chi connectivity index (χ1n) is 3.81. The molecule has 0 aliphatic rings. The highest BCUT2D eigenvalue weighted by Crippen LogP contribution is 2.09. The Morgan fingerprint density at radius 3 is 2.62 bits per heavy atom. The maximum Gasteiger partial charge on any atom is 0.316 e. The molecule has 0 saturated heterocycles. The van der Waals surface area contributed by atoms with Crippen molar-refractivity contribution in [1.29, 1.82) is 0 Å². The number of urea groups is 1. The normalized spacial score (nSPS) is 12.5. The van der Waals surface area contributed by atoms with Crippen LogP contribution in [0.5, 0.6) is 0 Å². The fourth-order valence-electron chi connectivity index (χ4n) is 0.744. The molecule has 0 spiro atoms. The molecule has 0 aromatic carbocycles. The molecular weight excluding hydrogens is 204 g/mol. The van der Waals surface area contributed by atoms with Gasteiger partial charge in [-0.2, -0.15) is 0 Å². The summed E-state index contributed by atoms with van der Waals surface area (Å²) in [6.07, 6.45) is 3.66. The molecule has 13 heavy (non-hydrogen) atoms. The van der Waals surface area contributed by atoms with E-state index in [1.54, 1.807) is 11.5 Å². The van der Waals surface area contributed by atoms with Gasteiger partial charge in [-0.1, -0.05) is 30.7 Å². The van der Waals surface area contributed by atoms with Crippen molar-refractivity contribution in [3.8, 4) is 0 Å². The van der Waals surface area contributed by atoms with Crippen LogP contribution in [-0.4, -0.2) is 6.03 Å². The number of amides is 2. The van der Waals surface area contributed by atoms with E-state index in [0.717, 1.165) is 0 Å². The molecule has 2 amide bonds. The number of primary amides is 1. The summed E-state index contributed by atoms with van der Waals surface area (Å²) in [7, 11) is 1.27. The second kappa shape index (κ2) is 6.91. The van der Waals surface area contributed by atoms with Gasteiger partial charge in [0.05, 0.1) is 0 Å². The summed E-state index contributed by atoms with van der Waals surface area (Å²) >= 11 is 3.94. The molecule has 0 aliphatic carbocycles. The van der Waals surface area contributed by atoms with Crippen molar-refractivity contribution in [3.63, 3.8) is 0 Å². The van der Waals surface area contributed by atoms with Gasteiger partial charge in [0.25, 0.3) is 0 Å². The van der Waals surface area contributed by atoms with Crippen LogP contribution in [0.4, 0.5) is 4.79 Å². The molecule has 0 unspecified atom stereocenters. The van der Waals surface area contributed by atoms with Gasteiger partial charge in [-0.25, -0.2) is 4.79 Å². The molecule has 74 valence electrons. The van der Waals surface area contributed by atoms with Gasteiger partial charge >= 0.3 is 6.03 Å². The van der Waals surface area contributed by atoms with Crippen LogP contribution in [0, 0.1) is 5.92 Å². The lowest BCUT2D eigenvalue weighted by molar-refractivity contribution is 0.251. The number of nitrogens with two attached hydrogens (primary N) is 1. The number of carbonyl (C=O) groups is 1. The quantitative estimate of drug-likeness (QED) is 0.385. The summed E-state index contributed by atoms with van der Waals surface area (Å²) in [5, 5.41) is 4.27. The van der Waals surface area contributed by atoms with E-state index in [1.165, 1.54) is 10.8 Å². The van der Waals surface area contributed by atoms with Gasteiger partial charge < -0.3 is 11.1 Å². The van der Waals surface area contributed by atoms with Crippen LogP contribution in [0.3, 0.4) is 0 Å². The van der Waals surface area contributed by atoms with Gasteiger partial charge in [0.15, 0.2) is 0 Å². The van der Waals surface area contributed by atoms with E-state index in [4.69, 9.17) is 5.73 Å². The molecule has 3 N–H and O–H groups in total. The summed E-state index contributed by atoms with van der Waals surface area (Å²) in [6, 6.07) is -0.555. The molecular formula is C8H14N2OS2. The monoisotopic (exact) mass is 218 g/mol. The van der Waals surface area contributed by atoms with Crippen molar-refractivity contribution in [3.05, 3.63) is 23.3 Å². The third kappa shape index (κ3) is 7.80. The standard InChI is InChI=1S/C8H14N2OS2/c1-6(2)5-7(3-4-13-12)10-8(9)11/h3-6,12H,1-2H3,(H3,9,10,11)/b4-3-,7-5+. The molecule has 0 heterocycles. The van der Waals surface area contributed by atoms with Crippen molar-refractivity contribution in [2.24, 2.45) is 11.7 Å². The molecule has 0 bridgehead atoms. The minimum atomic E-state index is -0.555. The first-order valence-corrected chi connectivity index (χ1v) is 5.74. The van der Waals surface area contributed by atoms with Gasteiger partial charge in [-0.3, -0.25) is 0 Å². The Hall–Kier alpha value is -0.550. The predicted octanol–water partition coefficient (Wildman–Crippen LogP) is 2.29. The highest BCUT2D eigenvalue weighted by atomic mass is 33.1. The van der Waals surface area contributed by atoms with Gasteiger partial charge in [-0.15, -0.1) is 11.7 Å². The zero-order valence-corrected chi connectivity index (χ0v) is 9.36. The lowest BCUT2D eigenvalue weighted by Crippen LogP contribution is -2.28. The number of hydrogen-bond acceptors (Lipinski definition) is 3. The summed E-state index contributed by atoms with van der Waals surface area (Å²) in [5.74, 6) is 0.358. The Balaban J connectivity index is 4.36. The molecule has 0 saturated carbocycles. The summed E-state index contributed by atoms with van der Waals surface area (Å²) in [5.41, 5.74) is 5.69. The van der Waals surface area contributed by atoms with E-state index in [-0.39, 0.29) is 0 Å². The number of carbonyl (C=O) groups excluding carboxylic acids is 1. The average Bonchev–Trinajstić information content (AvgIpc) is 1.98. The Morgan fingerprint density at radius 2 is 2.23 bits per heavy atom. The van der Waals surface area contributed by atoms with Crippen molar-refractivity contribution < 1.29 is 4.79 Å². The lowest BCUT2D eigenvalue weighted by atomic mass is 10.2. The van der Waals surface area contributed by atoms with Crippen LogP contribution in [0.1, 0.15) is 13.8 Å². The van der Waals surface area contributed by atoms with E-state index in [2.05, 4.69) is 17.0 Å². The van der Waals surface area contributed by atoms with E-state index >= 15 is 0 Å². The second-order valence-electron chi connectivity index (χ2n) is 2.76. The van der Waals surface area contributed by atoms with Gasteiger partial charge in [-0.05, 0) is 17.4 Å². The van der Waals surface area contributed by atoms with Crippen LogP contribution in [0.15, 0.2) is 23.3 Å². The first-order chi connectivity index (χ1) is 6.06. The Bertz CT molecular complexity index is 224. The number of thiol groups is 1. The maximum absolute atomic E-state index is 10.6. The number of rotatable bonds is 4. The summed E-state index contributed by atoms with van der Waals surface area (Å²) in [4.78, 5) is 10.6. The van der Waals surface area contributed by atoms with Crippen LogP contribution < -0.4 is 11.1 Å². The number of hydrogen-bond donors (Lipinski definition) is 3. The van der Waals surface area contributed by atoms with Gasteiger partial charge in [0.2, 0.25) is 0 Å². The lowest BCUT2D eigenvalue weighted by Gasteiger charge is -2.04. The van der Waals surface area contributed by atoms with E-state index in [0.29, 0.717) is 11.6 Å². The topological polar surface area (TPSA) is 55.1 Å².